The number of aromatic nitrogens is 2. The van der Waals surface area contributed by atoms with Crippen molar-refractivity contribution >= 4 is 0 Å². The Morgan fingerprint density at radius 2 is 2.38 bits per heavy atom. The van der Waals surface area contributed by atoms with E-state index >= 15 is 0 Å². The largest absolute Gasteiger partial charge is 0.396 e. The number of hydrogen-bond acceptors (Lipinski definition) is 4. The second-order valence-electron chi connectivity index (χ2n) is 7.16. The molecule has 0 aromatic carbocycles. The van der Waals surface area contributed by atoms with Crippen molar-refractivity contribution in [3.05, 3.63) is 17.5 Å². The molecule has 5 heteroatoms. The zero-order chi connectivity index (χ0) is 14.3. The highest BCUT2D eigenvalue weighted by molar-refractivity contribution is 5.12. The van der Waals surface area contributed by atoms with Gasteiger partial charge in [-0.05, 0) is 37.8 Å². The Morgan fingerprint density at radius 1 is 1.43 bits per heavy atom. The maximum atomic E-state index is 9.82. The fourth-order valence-corrected chi connectivity index (χ4v) is 4.63. The van der Waals surface area contributed by atoms with Crippen LogP contribution in [0.1, 0.15) is 37.1 Å². The van der Waals surface area contributed by atoms with Crippen molar-refractivity contribution < 1.29 is 5.11 Å². The Bertz CT molecular complexity index is 491. The molecule has 3 aliphatic rings. The van der Waals surface area contributed by atoms with Crippen LogP contribution in [-0.4, -0.2) is 46.0 Å². The molecular weight excluding hydrogens is 264 g/mol. The maximum Gasteiger partial charge on any atom is 0.0768 e. The van der Waals surface area contributed by atoms with E-state index in [4.69, 9.17) is 5.10 Å². The predicted molar refractivity (Wildman–Crippen MR) is 80.7 cm³/mol. The minimum atomic E-state index is 0.193. The van der Waals surface area contributed by atoms with E-state index in [9.17, 15) is 5.11 Å². The lowest BCUT2D eigenvalue weighted by Gasteiger charge is -2.26. The first-order chi connectivity index (χ1) is 10.3. The van der Waals surface area contributed by atoms with Crippen molar-refractivity contribution in [1.82, 2.24) is 20.0 Å². The van der Waals surface area contributed by atoms with Gasteiger partial charge < -0.3 is 10.4 Å². The van der Waals surface area contributed by atoms with Crippen LogP contribution in [0.25, 0.3) is 0 Å². The summed E-state index contributed by atoms with van der Waals surface area (Å²) in [6.45, 7) is 6.55. The van der Waals surface area contributed by atoms with Gasteiger partial charge in [0.1, 0.15) is 0 Å². The molecular formula is C16H26N4O. The number of aliphatic hydroxyl groups is 1. The van der Waals surface area contributed by atoms with Crippen LogP contribution in [-0.2, 0) is 19.6 Å². The van der Waals surface area contributed by atoms with E-state index in [1.807, 2.05) is 0 Å². The zero-order valence-electron chi connectivity index (χ0n) is 12.7. The summed E-state index contributed by atoms with van der Waals surface area (Å²) in [7, 11) is 0. The van der Waals surface area contributed by atoms with Crippen molar-refractivity contribution in [2.45, 2.75) is 45.3 Å². The Balaban J connectivity index is 1.45. The molecule has 3 heterocycles. The fourth-order valence-electron chi connectivity index (χ4n) is 4.63. The topological polar surface area (TPSA) is 53.3 Å². The predicted octanol–water partition coefficient (Wildman–Crippen LogP) is 0.971. The van der Waals surface area contributed by atoms with Gasteiger partial charge in [-0.3, -0.25) is 9.58 Å². The molecule has 0 unspecified atom stereocenters. The van der Waals surface area contributed by atoms with Crippen LogP contribution in [0.2, 0.25) is 0 Å². The van der Waals surface area contributed by atoms with Crippen LogP contribution in [0.5, 0.6) is 0 Å². The zero-order valence-corrected chi connectivity index (χ0v) is 12.7. The SMILES string of the molecule is OC[C@]12CCC[C@H]1CN(Cc1cc3n(n1)CCCNC3)C2. The highest BCUT2D eigenvalue weighted by atomic mass is 16.3. The summed E-state index contributed by atoms with van der Waals surface area (Å²) in [6, 6.07) is 2.26. The Labute approximate surface area is 126 Å². The summed E-state index contributed by atoms with van der Waals surface area (Å²) in [5.74, 6) is 0.699. The number of fused-ring (bicyclic) bond motifs is 2. The van der Waals surface area contributed by atoms with Crippen molar-refractivity contribution in [2.75, 3.05) is 26.2 Å². The molecule has 0 spiro atoms. The summed E-state index contributed by atoms with van der Waals surface area (Å²) in [4.78, 5) is 2.51. The molecule has 1 saturated heterocycles. The average Bonchev–Trinajstić information content (AvgIpc) is 3.08. The average molecular weight is 290 g/mol. The van der Waals surface area contributed by atoms with Crippen LogP contribution >= 0.6 is 0 Å². The van der Waals surface area contributed by atoms with Crippen LogP contribution in [0, 0.1) is 11.3 Å². The van der Waals surface area contributed by atoms with E-state index in [-0.39, 0.29) is 5.41 Å². The number of nitrogens with zero attached hydrogens (tertiary/aromatic N) is 3. The van der Waals surface area contributed by atoms with Gasteiger partial charge in [0.05, 0.1) is 18.0 Å². The van der Waals surface area contributed by atoms with E-state index in [2.05, 4.69) is 21.0 Å². The highest BCUT2D eigenvalue weighted by Crippen LogP contribution is 2.48. The number of hydrogen-bond donors (Lipinski definition) is 2. The molecule has 2 atom stereocenters. The van der Waals surface area contributed by atoms with Gasteiger partial charge in [0.15, 0.2) is 0 Å². The minimum absolute atomic E-state index is 0.193. The van der Waals surface area contributed by atoms with Gasteiger partial charge in [0, 0.05) is 38.1 Å². The van der Waals surface area contributed by atoms with Crippen LogP contribution < -0.4 is 5.32 Å². The lowest BCUT2D eigenvalue weighted by atomic mass is 9.82. The standard InChI is InChI=1S/C16H26N4O/c21-12-16-4-1-3-13(16)9-19(11-16)10-14-7-15-8-17-5-2-6-20(15)18-14/h7,13,17,21H,1-6,8-12H2/t13-,16+/m0/s1. The van der Waals surface area contributed by atoms with Gasteiger partial charge in [-0.2, -0.15) is 5.10 Å². The lowest BCUT2D eigenvalue weighted by molar-refractivity contribution is 0.111. The third-order valence-electron chi connectivity index (χ3n) is 5.75. The molecule has 21 heavy (non-hydrogen) atoms. The molecule has 2 fully saturated rings. The third-order valence-corrected chi connectivity index (χ3v) is 5.75. The lowest BCUT2D eigenvalue weighted by Crippen LogP contribution is -2.30. The van der Waals surface area contributed by atoms with Gasteiger partial charge >= 0.3 is 0 Å². The van der Waals surface area contributed by atoms with E-state index in [0.29, 0.717) is 12.5 Å². The molecule has 1 aliphatic carbocycles. The molecule has 4 rings (SSSR count). The van der Waals surface area contributed by atoms with Gasteiger partial charge in [-0.1, -0.05) is 6.42 Å². The minimum Gasteiger partial charge on any atom is -0.396 e. The summed E-state index contributed by atoms with van der Waals surface area (Å²) in [6.07, 6.45) is 4.95. The maximum absolute atomic E-state index is 9.82. The van der Waals surface area contributed by atoms with Crippen molar-refractivity contribution in [2.24, 2.45) is 11.3 Å². The van der Waals surface area contributed by atoms with E-state index in [1.54, 1.807) is 0 Å². The van der Waals surface area contributed by atoms with E-state index in [1.165, 1.54) is 30.7 Å². The van der Waals surface area contributed by atoms with Crippen LogP contribution in [0.15, 0.2) is 6.07 Å². The van der Waals surface area contributed by atoms with Crippen molar-refractivity contribution in [3.8, 4) is 0 Å². The number of rotatable bonds is 3. The van der Waals surface area contributed by atoms with Gasteiger partial charge in [0.25, 0.3) is 0 Å². The quantitative estimate of drug-likeness (QED) is 0.871. The second kappa shape index (κ2) is 5.38. The number of nitrogens with one attached hydrogen (secondary N) is 1. The molecule has 0 radical (unpaired) electrons. The van der Waals surface area contributed by atoms with Gasteiger partial charge in [-0.15, -0.1) is 0 Å². The Kier molecular flexibility index (Phi) is 3.52. The van der Waals surface area contributed by atoms with Crippen molar-refractivity contribution in [3.63, 3.8) is 0 Å². The fraction of sp³-hybridized carbons (Fsp3) is 0.812. The second-order valence-corrected chi connectivity index (χ2v) is 7.16. The number of aryl methyl sites for hydroxylation is 1. The number of aliphatic hydroxyl groups excluding tert-OH is 1. The monoisotopic (exact) mass is 290 g/mol. The normalized spacial score (nSPS) is 32.9. The number of likely N-dealkylation sites (tertiary alicyclic amines) is 1. The summed E-state index contributed by atoms with van der Waals surface area (Å²) in [5, 5.41) is 18.1. The third kappa shape index (κ3) is 2.41. The van der Waals surface area contributed by atoms with Gasteiger partial charge in [0.2, 0.25) is 0 Å². The van der Waals surface area contributed by atoms with Crippen LogP contribution in [0.4, 0.5) is 0 Å². The molecule has 5 nitrogen and oxygen atoms in total. The molecule has 1 aromatic heterocycles. The molecule has 2 aliphatic heterocycles. The molecule has 116 valence electrons. The van der Waals surface area contributed by atoms with Crippen molar-refractivity contribution in [1.29, 1.82) is 0 Å². The van der Waals surface area contributed by atoms with E-state index in [0.717, 1.165) is 45.7 Å². The van der Waals surface area contributed by atoms with Gasteiger partial charge in [-0.25, -0.2) is 0 Å². The first kappa shape index (κ1) is 13.7. The molecule has 1 aromatic rings. The van der Waals surface area contributed by atoms with E-state index < -0.39 is 0 Å². The first-order valence-corrected chi connectivity index (χ1v) is 8.39. The Hall–Kier alpha value is -0.910. The molecule has 1 saturated carbocycles. The summed E-state index contributed by atoms with van der Waals surface area (Å²) >= 11 is 0. The van der Waals surface area contributed by atoms with Crippen LogP contribution in [0.3, 0.4) is 0 Å². The first-order valence-electron chi connectivity index (χ1n) is 8.39. The molecule has 0 bridgehead atoms. The molecule has 2 N–H and O–H groups in total. The molecule has 0 amide bonds. The Morgan fingerprint density at radius 3 is 3.24 bits per heavy atom. The summed E-state index contributed by atoms with van der Waals surface area (Å²) < 4.78 is 2.17. The summed E-state index contributed by atoms with van der Waals surface area (Å²) in [5.41, 5.74) is 2.71. The highest BCUT2D eigenvalue weighted by Gasteiger charge is 2.48. The smallest absolute Gasteiger partial charge is 0.0768 e.